The van der Waals surface area contributed by atoms with Crippen LogP contribution in [0.15, 0.2) is 60.7 Å². The third-order valence-corrected chi connectivity index (χ3v) is 4.36. The summed E-state index contributed by atoms with van der Waals surface area (Å²) < 4.78 is 39.9. The lowest BCUT2D eigenvalue weighted by atomic mass is 10.0. The van der Waals surface area contributed by atoms with E-state index in [1.165, 1.54) is 0 Å². The summed E-state index contributed by atoms with van der Waals surface area (Å²) >= 11 is 5.97. The van der Waals surface area contributed by atoms with Gasteiger partial charge in [0.2, 0.25) is 0 Å². The molecule has 140 valence electrons. The fourth-order valence-corrected chi connectivity index (χ4v) is 3.01. The molecule has 1 heterocycles. The molecule has 0 aliphatic heterocycles. The molecular weight excluding hydrogens is 375 g/mol. The minimum absolute atomic E-state index is 0.0572. The van der Waals surface area contributed by atoms with Crippen molar-refractivity contribution >= 4 is 11.6 Å². The molecule has 6 heteroatoms. The highest BCUT2D eigenvalue weighted by molar-refractivity contribution is 6.30. The number of hydrogen-bond donors (Lipinski definition) is 1. The lowest BCUT2D eigenvalue weighted by molar-refractivity contribution is -0.141. The van der Waals surface area contributed by atoms with E-state index in [2.05, 4.69) is 4.98 Å². The fraction of sp³-hybridized carbons (Fsp3) is 0.190. The largest absolute Gasteiger partial charge is 0.433 e. The first-order chi connectivity index (χ1) is 12.8. The summed E-state index contributed by atoms with van der Waals surface area (Å²) in [7, 11) is 0. The quantitative estimate of drug-likeness (QED) is 0.618. The van der Waals surface area contributed by atoms with Crippen molar-refractivity contribution in [3.8, 4) is 11.3 Å². The van der Waals surface area contributed by atoms with Gasteiger partial charge in [0.05, 0.1) is 5.69 Å². The van der Waals surface area contributed by atoms with E-state index in [9.17, 15) is 13.2 Å². The second-order valence-corrected chi connectivity index (χ2v) is 6.66. The summed E-state index contributed by atoms with van der Waals surface area (Å²) in [5.74, 6) is 0. The molecule has 0 bridgehead atoms. The van der Waals surface area contributed by atoms with Crippen molar-refractivity contribution in [3.05, 3.63) is 88.1 Å². The predicted octanol–water partition coefficient (Wildman–Crippen LogP) is 5.55. The Morgan fingerprint density at radius 1 is 0.889 bits per heavy atom. The molecule has 27 heavy (non-hydrogen) atoms. The van der Waals surface area contributed by atoms with Crippen LogP contribution in [-0.4, -0.2) is 16.7 Å². The highest BCUT2D eigenvalue weighted by atomic mass is 35.5. The van der Waals surface area contributed by atoms with Crippen molar-refractivity contribution in [2.24, 2.45) is 0 Å². The predicted molar refractivity (Wildman–Crippen MR) is 99.7 cm³/mol. The van der Waals surface area contributed by atoms with Gasteiger partial charge in [-0.1, -0.05) is 48.0 Å². The number of aliphatic hydroxyl groups is 1. The smallest absolute Gasteiger partial charge is 0.396 e. The molecule has 3 aromatic rings. The van der Waals surface area contributed by atoms with E-state index >= 15 is 0 Å². The third kappa shape index (κ3) is 5.08. The second-order valence-electron chi connectivity index (χ2n) is 6.22. The number of hydrogen-bond acceptors (Lipinski definition) is 2. The number of alkyl halides is 3. The minimum atomic E-state index is -4.53. The van der Waals surface area contributed by atoms with Crippen LogP contribution < -0.4 is 0 Å². The van der Waals surface area contributed by atoms with Crippen LogP contribution in [0.5, 0.6) is 0 Å². The molecule has 0 spiro atoms. The Labute approximate surface area is 160 Å². The Bertz CT molecular complexity index is 923. The SMILES string of the molecule is OCCc1ccc(Cc2cc(-c3cccc(Cl)c3)nc(C(F)(F)F)c2)cc1. The van der Waals surface area contributed by atoms with Crippen molar-refractivity contribution in [2.45, 2.75) is 19.0 Å². The third-order valence-electron chi connectivity index (χ3n) is 4.13. The fourth-order valence-electron chi connectivity index (χ4n) is 2.82. The lowest BCUT2D eigenvalue weighted by Crippen LogP contribution is -2.09. The molecule has 0 atom stereocenters. The van der Waals surface area contributed by atoms with E-state index in [1.807, 2.05) is 24.3 Å². The van der Waals surface area contributed by atoms with E-state index < -0.39 is 11.9 Å². The number of pyridine rings is 1. The molecule has 0 fully saturated rings. The zero-order valence-electron chi connectivity index (χ0n) is 14.3. The number of nitrogens with zero attached hydrogens (tertiary/aromatic N) is 1. The second kappa shape index (κ2) is 8.11. The Morgan fingerprint density at radius 3 is 2.22 bits per heavy atom. The van der Waals surface area contributed by atoms with E-state index in [1.54, 1.807) is 30.3 Å². The van der Waals surface area contributed by atoms with Gasteiger partial charge in [0.25, 0.3) is 0 Å². The van der Waals surface area contributed by atoms with Crippen molar-refractivity contribution in [1.29, 1.82) is 0 Å². The van der Waals surface area contributed by atoms with E-state index in [-0.39, 0.29) is 12.3 Å². The van der Waals surface area contributed by atoms with Gasteiger partial charge >= 0.3 is 6.18 Å². The maximum absolute atomic E-state index is 13.3. The van der Waals surface area contributed by atoms with Crippen molar-refractivity contribution in [3.63, 3.8) is 0 Å². The lowest BCUT2D eigenvalue weighted by Gasteiger charge is -2.12. The van der Waals surface area contributed by atoms with Crippen molar-refractivity contribution < 1.29 is 18.3 Å². The molecular formula is C21H17ClF3NO. The molecule has 3 rings (SSSR count). The van der Waals surface area contributed by atoms with Crippen molar-refractivity contribution in [2.75, 3.05) is 6.61 Å². The van der Waals surface area contributed by atoms with Gasteiger partial charge in [-0.15, -0.1) is 0 Å². The van der Waals surface area contributed by atoms with Crippen LogP contribution in [0, 0.1) is 0 Å². The van der Waals surface area contributed by atoms with Gasteiger partial charge in [-0.25, -0.2) is 4.98 Å². The summed E-state index contributed by atoms with van der Waals surface area (Å²) in [4.78, 5) is 3.78. The summed E-state index contributed by atoms with van der Waals surface area (Å²) in [5, 5.41) is 9.40. The van der Waals surface area contributed by atoms with Crippen LogP contribution in [0.1, 0.15) is 22.4 Å². The average Bonchev–Trinajstić information content (AvgIpc) is 2.63. The Balaban J connectivity index is 1.97. The minimum Gasteiger partial charge on any atom is -0.396 e. The topological polar surface area (TPSA) is 33.1 Å². The number of halogens is 4. The van der Waals surface area contributed by atoms with Gasteiger partial charge in [0, 0.05) is 17.2 Å². The molecule has 0 aliphatic rings. The van der Waals surface area contributed by atoms with Gasteiger partial charge in [-0.2, -0.15) is 13.2 Å². The van der Waals surface area contributed by atoms with Gasteiger partial charge in [-0.05, 0) is 53.8 Å². The Kier molecular flexibility index (Phi) is 5.82. The number of aliphatic hydroxyl groups excluding tert-OH is 1. The van der Waals surface area contributed by atoms with Gasteiger partial charge < -0.3 is 5.11 Å². The summed E-state index contributed by atoms with van der Waals surface area (Å²) in [6.45, 7) is 0.0572. The normalized spacial score (nSPS) is 11.6. The maximum Gasteiger partial charge on any atom is 0.433 e. The summed E-state index contributed by atoms with van der Waals surface area (Å²) in [6.07, 6.45) is -3.64. The Hall–Kier alpha value is -2.37. The van der Waals surface area contributed by atoms with Gasteiger partial charge in [-0.3, -0.25) is 0 Å². The number of aromatic nitrogens is 1. The first-order valence-electron chi connectivity index (χ1n) is 8.38. The number of rotatable bonds is 5. The first-order valence-corrected chi connectivity index (χ1v) is 8.76. The van der Waals surface area contributed by atoms with Crippen LogP contribution in [0.2, 0.25) is 5.02 Å². The van der Waals surface area contributed by atoms with Crippen LogP contribution >= 0.6 is 11.6 Å². The van der Waals surface area contributed by atoms with E-state index in [4.69, 9.17) is 16.7 Å². The van der Waals surface area contributed by atoms with Crippen LogP contribution in [-0.2, 0) is 19.0 Å². The van der Waals surface area contributed by atoms with Crippen LogP contribution in [0.4, 0.5) is 13.2 Å². The zero-order valence-corrected chi connectivity index (χ0v) is 15.1. The molecule has 0 saturated carbocycles. The molecule has 0 aliphatic carbocycles. The standard InChI is InChI=1S/C21H17ClF3NO/c22-18-3-1-2-17(13-18)19-11-16(12-20(26-19)21(23,24)25)10-15-6-4-14(5-7-15)8-9-27/h1-7,11-13,27H,8-10H2. The van der Waals surface area contributed by atoms with E-state index in [0.717, 1.165) is 17.2 Å². The zero-order chi connectivity index (χ0) is 19.4. The monoisotopic (exact) mass is 391 g/mol. The molecule has 2 aromatic carbocycles. The Morgan fingerprint density at radius 2 is 1.59 bits per heavy atom. The highest BCUT2D eigenvalue weighted by Crippen LogP contribution is 2.32. The van der Waals surface area contributed by atoms with Crippen LogP contribution in [0.3, 0.4) is 0 Å². The summed E-state index contributed by atoms with van der Waals surface area (Å²) in [5.41, 5.74) is 2.22. The summed E-state index contributed by atoms with van der Waals surface area (Å²) in [6, 6.07) is 16.8. The molecule has 2 nitrogen and oxygen atoms in total. The highest BCUT2D eigenvalue weighted by Gasteiger charge is 2.33. The molecule has 0 radical (unpaired) electrons. The van der Waals surface area contributed by atoms with Crippen molar-refractivity contribution in [1.82, 2.24) is 4.98 Å². The molecule has 0 unspecified atom stereocenters. The molecule has 1 N–H and O–H groups in total. The van der Waals surface area contributed by atoms with Gasteiger partial charge in [0.15, 0.2) is 0 Å². The molecule has 0 saturated heterocycles. The van der Waals surface area contributed by atoms with Crippen LogP contribution in [0.25, 0.3) is 11.3 Å². The maximum atomic E-state index is 13.3. The van der Waals surface area contributed by atoms with Gasteiger partial charge in [0.1, 0.15) is 5.69 Å². The molecule has 1 aromatic heterocycles. The first kappa shape index (κ1) is 19.4. The number of benzene rings is 2. The van der Waals surface area contributed by atoms with E-state index in [0.29, 0.717) is 29.0 Å². The average molecular weight is 392 g/mol. The molecule has 0 amide bonds.